The van der Waals surface area contributed by atoms with Crippen molar-refractivity contribution in [1.29, 1.82) is 0 Å². The number of nitrogens with zero attached hydrogens (tertiary/aromatic N) is 2. The Morgan fingerprint density at radius 3 is 2.83 bits per heavy atom. The summed E-state index contributed by atoms with van der Waals surface area (Å²) in [6, 6.07) is 14.4. The van der Waals surface area contributed by atoms with Crippen LogP contribution in [0, 0.1) is 13.8 Å². The Bertz CT molecular complexity index is 1260. The minimum absolute atomic E-state index is 0.0715. The molecule has 8 heteroatoms. The van der Waals surface area contributed by atoms with Gasteiger partial charge in [-0.1, -0.05) is 41.4 Å². The molecule has 0 bridgehead atoms. The fourth-order valence-corrected chi connectivity index (χ4v) is 5.52. The molecule has 188 valence electrons. The lowest BCUT2D eigenvalue weighted by Gasteiger charge is -2.37. The van der Waals surface area contributed by atoms with Crippen molar-refractivity contribution in [3.8, 4) is 5.75 Å². The molecular formula is C28H30ClN3O3S. The number of hydrogen-bond acceptors (Lipinski definition) is 4. The largest absolute Gasteiger partial charge is 0.491 e. The Balaban J connectivity index is 1.49. The van der Waals surface area contributed by atoms with Crippen LogP contribution in [0.3, 0.4) is 0 Å². The van der Waals surface area contributed by atoms with E-state index in [9.17, 15) is 9.59 Å². The summed E-state index contributed by atoms with van der Waals surface area (Å²) in [5, 5.41) is 5.40. The number of carbonyl (C=O) groups excluding carboxylic acids is 2. The first-order valence-electron chi connectivity index (χ1n) is 11.8. The molecule has 3 aromatic rings. The Kier molecular flexibility index (Phi) is 8.33. The second-order valence-corrected chi connectivity index (χ2v) is 10.3. The molecule has 4 rings (SSSR count). The normalized spacial score (nSPS) is 14.6. The molecule has 1 aliphatic rings. The van der Waals surface area contributed by atoms with Crippen molar-refractivity contribution >= 4 is 40.6 Å². The van der Waals surface area contributed by atoms with Crippen LogP contribution in [0.1, 0.15) is 27.6 Å². The van der Waals surface area contributed by atoms with E-state index in [2.05, 4.69) is 29.4 Å². The van der Waals surface area contributed by atoms with Gasteiger partial charge in [-0.2, -0.15) is 0 Å². The highest BCUT2D eigenvalue weighted by Crippen LogP contribution is 2.34. The van der Waals surface area contributed by atoms with Crippen LogP contribution < -0.4 is 10.1 Å². The molecule has 0 unspecified atom stereocenters. The third kappa shape index (κ3) is 6.09. The van der Waals surface area contributed by atoms with Crippen molar-refractivity contribution in [3.63, 3.8) is 0 Å². The van der Waals surface area contributed by atoms with Crippen molar-refractivity contribution in [1.82, 2.24) is 9.80 Å². The van der Waals surface area contributed by atoms with Gasteiger partial charge in [0.2, 0.25) is 5.91 Å². The molecule has 1 N–H and O–H groups in total. The van der Waals surface area contributed by atoms with Crippen molar-refractivity contribution in [2.24, 2.45) is 0 Å². The number of nitrogens with one attached hydrogen (secondary N) is 1. The zero-order valence-electron chi connectivity index (χ0n) is 20.5. The predicted octanol–water partition coefficient (Wildman–Crippen LogP) is 6.24. The smallest absolute Gasteiger partial charge is 0.322 e. The van der Waals surface area contributed by atoms with E-state index in [0.29, 0.717) is 23.9 Å². The number of aryl methyl sites for hydroxylation is 2. The molecule has 0 saturated heterocycles. The van der Waals surface area contributed by atoms with Gasteiger partial charge in [0.05, 0.1) is 6.04 Å². The van der Waals surface area contributed by atoms with Crippen molar-refractivity contribution in [2.75, 3.05) is 31.6 Å². The Morgan fingerprint density at radius 1 is 1.25 bits per heavy atom. The van der Waals surface area contributed by atoms with Crippen LogP contribution in [-0.4, -0.2) is 48.0 Å². The summed E-state index contributed by atoms with van der Waals surface area (Å²) in [7, 11) is 0. The van der Waals surface area contributed by atoms with Crippen LogP contribution in [0.4, 0.5) is 10.5 Å². The number of carbonyl (C=O) groups is 2. The molecule has 1 aromatic heterocycles. The van der Waals surface area contributed by atoms with Gasteiger partial charge in [0.15, 0.2) is 0 Å². The average molecular weight is 524 g/mol. The Morgan fingerprint density at radius 2 is 2.08 bits per heavy atom. The highest BCUT2D eigenvalue weighted by atomic mass is 35.5. The molecule has 1 atom stereocenters. The van der Waals surface area contributed by atoms with Crippen LogP contribution in [0.2, 0.25) is 5.02 Å². The lowest BCUT2D eigenvalue weighted by atomic mass is 10.0. The van der Waals surface area contributed by atoms with Crippen molar-refractivity contribution < 1.29 is 14.3 Å². The van der Waals surface area contributed by atoms with Gasteiger partial charge in [-0.15, -0.1) is 17.9 Å². The molecule has 0 radical (unpaired) electrons. The van der Waals surface area contributed by atoms with E-state index in [1.165, 1.54) is 15.3 Å². The quantitative estimate of drug-likeness (QED) is 0.355. The number of amides is 3. The SMILES string of the molecule is C=CCN(CC(=O)N1CCc2sccc2[C@H]1COc1ccc(C)cc1C)C(=O)Nc1cccc(Cl)c1. The lowest BCUT2D eigenvalue weighted by molar-refractivity contribution is -0.135. The number of hydrogen-bond donors (Lipinski definition) is 1. The average Bonchev–Trinajstić information content (AvgIpc) is 3.32. The van der Waals surface area contributed by atoms with E-state index in [1.54, 1.807) is 41.7 Å². The van der Waals surface area contributed by atoms with Crippen molar-refractivity contribution in [3.05, 3.63) is 93.2 Å². The molecule has 1 aliphatic heterocycles. The maximum atomic E-state index is 13.6. The predicted molar refractivity (Wildman–Crippen MR) is 146 cm³/mol. The van der Waals surface area contributed by atoms with E-state index in [-0.39, 0.29) is 31.1 Å². The zero-order chi connectivity index (χ0) is 25.7. The van der Waals surface area contributed by atoms with Gasteiger partial charge in [-0.05, 0) is 67.1 Å². The zero-order valence-corrected chi connectivity index (χ0v) is 22.1. The highest BCUT2D eigenvalue weighted by Gasteiger charge is 2.33. The van der Waals surface area contributed by atoms with E-state index in [1.807, 2.05) is 30.9 Å². The molecule has 0 aliphatic carbocycles. The number of anilines is 1. The van der Waals surface area contributed by atoms with Gasteiger partial charge in [0.1, 0.15) is 18.9 Å². The fourth-order valence-electron chi connectivity index (χ4n) is 4.40. The summed E-state index contributed by atoms with van der Waals surface area (Å²) in [6.45, 7) is 8.90. The number of fused-ring (bicyclic) bond motifs is 1. The van der Waals surface area contributed by atoms with Crippen LogP contribution in [0.15, 0.2) is 66.6 Å². The number of ether oxygens (including phenoxy) is 1. The molecule has 6 nitrogen and oxygen atoms in total. The molecule has 0 saturated carbocycles. The standard InChI is InChI=1S/C28H30ClN3O3S/c1-4-12-31(28(34)30-22-7-5-6-21(29)16-22)17-27(33)32-13-10-26-23(11-14-36-26)24(32)18-35-25-9-8-19(2)15-20(25)3/h4-9,11,14-16,24H,1,10,12-13,17-18H2,2-3H3,(H,30,34)/t24-/m1/s1. The van der Waals surface area contributed by atoms with Gasteiger partial charge in [0, 0.05) is 28.7 Å². The maximum Gasteiger partial charge on any atom is 0.322 e. The first kappa shape index (κ1) is 25.8. The third-order valence-corrected chi connectivity index (χ3v) is 7.41. The van der Waals surface area contributed by atoms with E-state index in [4.69, 9.17) is 16.3 Å². The molecule has 36 heavy (non-hydrogen) atoms. The van der Waals surface area contributed by atoms with Gasteiger partial charge >= 0.3 is 6.03 Å². The summed E-state index contributed by atoms with van der Waals surface area (Å²) in [5.74, 6) is 0.675. The molecule has 0 fully saturated rings. The van der Waals surface area contributed by atoms with Crippen LogP contribution in [-0.2, 0) is 11.2 Å². The van der Waals surface area contributed by atoms with E-state index < -0.39 is 0 Å². The third-order valence-electron chi connectivity index (χ3n) is 6.18. The van der Waals surface area contributed by atoms with Crippen LogP contribution in [0.25, 0.3) is 0 Å². The van der Waals surface area contributed by atoms with Crippen molar-refractivity contribution in [2.45, 2.75) is 26.3 Å². The van der Waals surface area contributed by atoms with Gasteiger partial charge in [-0.3, -0.25) is 4.79 Å². The lowest BCUT2D eigenvalue weighted by Crippen LogP contribution is -2.48. The van der Waals surface area contributed by atoms with Gasteiger partial charge < -0.3 is 19.9 Å². The molecule has 0 spiro atoms. The minimum atomic E-state index is -0.387. The van der Waals surface area contributed by atoms with E-state index >= 15 is 0 Å². The summed E-state index contributed by atoms with van der Waals surface area (Å²) in [4.78, 5) is 31.1. The second kappa shape index (κ2) is 11.6. The van der Waals surface area contributed by atoms with Crippen LogP contribution >= 0.6 is 22.9 Å². The van der Waals surface area contributed by atoms with Gasteiger partial charge in [-0.25, -0.2) is 4.79 Å². The number of benzene rings is 2. The number of rotatable bonds is 8. The Hall–Kier alpha value is -3.29. The Labute approximate surface area is 221 Å². The summed E-state index contributed by atoms with van der Waals surface area (Å²) in [5.41, 5.74) is 3.91. The highest BCUT2D eigenvalue weighted by molar-refractivity contribution is 7.10. The number of thiophene rings is 1. The first-order chi connectivity index (χ1) is 17.4. The monoisotopic (exact) mass is 523 g/mol. The number of halogens is 1. The van der Waals surface area contributed by atoms with E-state index in [0.717, 1.165) is 23.3 Å². The summed E-state index contributed by atoms with van der Waals surface area (Å²) >= 11 is 7.75. The summed E-state index contributed by atoms with van der Waals surface area (Å²) < 4.78 is 6.22. The molecule has 3 amide bonds. The number of urea groups is 1. The van der Waals surface area contributed by atoms with Gasteiger partial charge in [0.25, 0.3) is 0 Å². The molecular weight excluding hydrogens is 494 g/mol. The minimum Gasteiger partial charge on any atom is -0.491 e. The molecule has 2 aromatic carbocycles. The topological polar surface area (TPSA) is 61.9 Å². The summed E-state index contributed by atoms with van der Waals surface area (Å²) in [6.07, 6.45) is 2.40. The first-order valence-corrected chi connectivity index (χ1v) is 13.1. The fraction of sp³-hybridized carbons (Fsp3) is 0.286. The second-order valence-electron chi connectivity index (χ2n) is 8.84. The maximum absolute atomic E-state index is 13.6. The van der Waals surface area contributed by atoms with Crippen LogP contribution in [0.5, 0.6) is 5.75 Å². The molecule has 2 heterocycles.